The summed E-state index contributed by atoms with van der Waals surface area (Å²) in [5.74, 6) is 1.42. The first kappa shape index (κ1) is 16.0. The highest BCUT2D eigenvalue weighted by molar-refractivity contribution is 6.32. The van der Waals surface area contributed by atoms with Crippen LogP contribution in [0.4, 0.5) is 0 Å². The third-order valence-electron chi connectivity index (χ3n) is 3.53. The molecule has 1 unspecified atom stereocenters. The van der Waals surface area contributed by atoms with Gasteiger partial charge in [0.15, 0.2) is 11.5 Å². The second-order valence-corrected chi connectivity index (χ2v) is 6.16. The molecule has 1 aromatic rings. The summed E-state index contributed by atoms with van der Waals surface area (Å²) in [6.07, 6.45) is 2.35. The van der Waals surface area contributed by atoms with Gasteiger partial charge in [0.25, 0.3) is 5.91 Å². The predicted molar refractivity (Wildman–Crippen MR) is 83.4 cm³/mol. The Hall–Kier alpha value is -1.42. The first-order chi connectivity index (χ1) is 9.92. The van der Waals surface area contributed by atoms with Gasteiger partial charge in [-0.25, -0.2) is 0 Å². The van der Waals surface area contributed by atoms with E-state index in [1.165, 1.54) is 20.0 Å². The van der Waals surface area contributed by atoms with E-state index in [-0.39, 0.29) is 18.1 Å². The van der Waals surface area contributed by atoms with Crippen LogP contribution < -0.4 is 14.8 Å². The van der Waals surface area contributed by atoms with Gasteiger partial charge in [0.1, 0.15) is 0 Å². The molecule has 1 aromatic carbocycles. The monoisotopic (exact) mass is 311 g/mol. The molecular formula is C16H22ClNO3. The van der Waals surface area contributed by atoms with E-state index < -0.39 is 0 Å². The van der Waals surface area contributed by atoms with Crippen LogP contribution in [0.15, 0.2) is 12.1 Å². The minimum Gasteiger partial charge on any atom is -0.493 e. The summed E-state index contributed by atoms with van der Waals surface area (Å²) in [4.78, 5) is 12.3. The van der Waals surface area contributed by atoms with Crippen LogP contribution in [0.5, 0.6) is 11.5 Å². The van der Waals surface area contributed by atoms with Gasteiger partial charge in [-0.1, -0.05) is 11.6 Å². The van der Waals surface area contributed by atoms with Gasteiger partial charge in [-0.15, -0.1) is 0 Å². The van der Waals surface area contributed by atoms with Crippen molar-refractivity contribution in [3.05, 3.63) is 22.7 Å². The molecule has 0 aromatic heterocycles. The fourth-order valence-electron chi connectivity index (χ4n) is 2.21. The van der Waals surface area contributed by atoms with Gasteiger partial charge in [0.05, 0.1) is 18.2 Å². The Bertz CT molecular complexity index is 526. The number of hydrogen-bond acceptors (Lipinski definition) is 3. The maximum atomic E-state index is 12.3. The van der Waals surface area contributed by atoms with Gasteiger partial charge in [0, 0.05) is 11.6 Å². The van der Waals surface area contributed by atoms with Crippen molar-refractivity contribution in [2.24, 2.45) is 5.92 Å². The smallest absolute Gasteiger partial charge is 0.251 e. The molecule has 0 aliphatic heterocycles. The summed E-state index contributed by atoms with van der Waals surface area (Å²) in [7, 11) is 1.54. The Morgan fingerprint density at radius 3 is 2.52 bits per heavy atom. The van der Waals surface area contributed by atoms with Crippen LogP contribution in [0.2, 0.25) is 5.02 Å². The van der Waals surface area contributed by atoms with Gasteiger partial charge >= 0.3 is 0 Å². The Kier molecular flexibility index (Phi) is 4.99. The molecule has 1 fully saturated rings. The van der Waals surface area contributed by atoms with Gasteiger partial charge in [-0.3, -0.25) is 4.79 Å². The molecule has 0 heterocycles. The molecule has 1 saturated carbocycles. The average Bonchev–Trinajstić information content (AvgIpc) is 3.24. The minimum absolute atomic E-state index is 0.0223. The minimum atomic E-state index is -0.134. The molecule has 21 heavy (non-hydrogen) atoms. The fraction of sp³-hybridized carbons (Fsp3) is 0.562. The number of carbonyl (C=O) groups excluding carboxylic acids is 1. The number of rotatable bonds is 6. The summed E-state index contributed by atoms with van der Waals surface area (Å²) in [6, 6.07) is 3.48. The summed E-state index contributed by atoms with van der Waals surface area (Å²) in [5.41, 5.74) is 0.487. The molecule has 2 rings (SSSR count). The Morgan fingerprint density at radius 2 is 2.00 bits per heavy atom. The number of methoxy groups -OCH3 is 1. The molecule has 0 bridgehead atoms. The summed E-state index contributed by atoms with van der Waals surface area (Å²) in [5, 5.41) is 3.38. The van der Waals surface area contributed by atoms with E-state index >= 15 is 0 Å². The number of halogens is 1. The van der Waals surface area contributed by atoms with Crippen molar-refractivity contribution < 1.29 is 14.3 Å². The highest BCUT2D eigenvalue weighted by Gasteiger charge is 2.29. The molecule has 1 amide bonds. The van der Waals surface area contributed by atoms with Crippen LogP contribution in [0.1, 0.15) is 44.0 Å². The van der Waals surface area contributed by atoms with Gasteiger partial charge in [-0.05, 0) is 51.7 Å². The predicted octanol–water partition coefficient (Wildman–Crippen LogP) is 3.66. The summed E-state index contributed by atoms with van der Waals surface area (Å²) in [6.45, 7) is 5.85. The van der Waals surface area contributed by atoms with Crippen molar-refractivity contribution in [2.75, 3.05) is 7.11 Å². The lowest BCUT2D eigenvalue weighted by Gasteiger charge is -2.17. The Labute approximate surface area is 130 Å². The fourth-order valence-corrected chi connectivity index (χ4v) is 2.46. The van der Waals surface area contributed by atoms with E-state index in [9.17, 15) is 4.79 Å². The molecule has 4 nitrogen and oxygen atoms in total. The lowest BCUT2D eigenvalue weighted by Crippen LogP contribution is -2.34. The molecule has 1 N–H and O–H groups in total. The quantitative estimate of drug-likeness (QED) is 0.872. The van der Waals surface area contributed by atoms with E-state index in [1.807, 2.05) is 20.8 Å². The normalized spacial score (nSPS) is 15.7. The van der Waals surface area contributed by atoms with E-state index in [0.29, 0.717) is 28.0 Å². The largest absolute Gasteiger partial charge is 0.493 e. The van der Waals surface area contributed by atoms with Crippen molar-refractivity contribution >= 4 is 17.5 Å². The maximum absolute atomic E-state index is 12.3. The summed E-state index contributed by atoms with van der Waals surface area (Å²) < 4.78 is 10.9. The molecule has 1 aliphatic rings. The van der Waals surface area contributed by atoms with Crippen LogP contribution in [-0.2, 0) is 0 Å². The third-order valence-corrected chi connectivity index (χ3v) is 3.81. The standard InChI is InChI=1S/C16H22ClNO3/c1-9(2)21-15-13(17)7-12(8-14(15)20-4)16(19)18-10(3)11-5-6-11/h7-11H,5-6H2,1-4H3,(H,18,19). The zero-order valence-electron chi connectivity index (χ0n) is 12.9. The zero-order chi connectivity index (χ0) is 15.6. The van der Waals surface area contributed by atoms with Crippen molar-refractivity contribution in [3.63, 3.8) is 0 Å². The first-order valence-electron chi connectivity index (χ1n) is 7.27. The number of ether oxygens (including phenoxy) is 2. The molecule has 1 atom stereocenters. The topological polar surface area (TPSA) is 47.6 Å². The molecule has 0 radical (unpaired) electrons. The van der Waals surface area contributed by atoms with Gasteiger partial charge in [-0.2, -0.15) is 0 Å². The van der Waals surface area contributed by atoms with Crippen LogP contribution in [-0.4, -0.2) is 25.2 Å². The number of nitrogens with one attached hydrogen (secondary N) is 1. The van der Waals surface area contributed by atoms with E-state index in [2.05, 4.69) is 5.32 Å². The Balaban J connectivity index is 2.19. The van der Waals surface area contributed by atoms with Crippen molar-refractivity contribution in [2.45, 2.75) is 45.8 Å². The highest BCUT2D eigenvalue weighted by atomic mass is 35.5. The van der Waals surface area contributed by atoms with E-state index in [0.717, 1.165) is 0 Å². The van der Waals surface area contributed by atoms with Crippen LogP contribution in [0, 0.1) is 5.92 Å². The van der Waals surface area contributed by atoms with Crippen molar-refractivity contribution in [1.29, 1.82) is 0 Å². The maximum Gasteiger partial charge on any atom is 0.251 e. The molecule has 116 valence electrons. The van der Waals surface area contributed by atoms with E-state index in [4.69, 9.17) is 21.1 Å². The van der Waals surface area contributed by atoms with Gasteiger partial charge < -0.3 is 14.8 Å². The molecular weight excluding hydrogens is 290 g/mol. The SMILES string of the molecule is COc1cc(C(=O)NC(C)C2CC2)cc(Cl)c1OC(C)C. The number of carbonyl (C=O) groups is 1. The highest BCUT2D eigenvalue weighted by Crippen LogP contribution is 2.37. The number of hydrogen-bond donors (Lipinski definition) is 1. The van der Waals surface area contributed by atoms with Crippen LogP contribution in [0.3, 0.4) is 0 Å². The molecule has 0 saturated heterocycles. The third kappa shape index (κ3) is 4.03. The van der Waals surface area contributed by atoms with Crippen LogP contribution in [0.25, 0.3) is 0 Å². The van der Waals surface area contributed by atoms with Gasteiger partial charge in [0.2, 0.25) is 0 Å². The second kappa shape index (κ2) is 6.56. The molecule has 1 aliphatic carbocycles. The summed E-state index contributed by atoms with van der Waals surface area (Å²) >= 11 is 6.23. The van der Waals surface area contributed by atoms with Crippen molar-refractivity contribution in [3.8, 4) is 11.5 Å². The van der Waals surface area contributed by atoms with E-state index in [1.54, 1.807) is 12.1 Å². The first-order valence-corrected chi connectivity index (χ1v) is 7.65. The lowest BCUT2D eigenvalue weighted by atomic mass is 10.1. The second-order valence-electron chi connectivity index (χ2n) is 5.76. The van der Waals surface area contributed by atoms with Crippen LogP contribution >= 0.6 is 11.6 Å². The number of benzene rings is 1. The molecule has 0 spiro atoms. The molecule has 5 heteroatoms. The lowest BCUT2D eigenvalue weighted by molar-refractivity contribution is 0.0935. The van der Waals surface area contributed by atoms with Crippen molar-refractivity contribution in [1.82, 2.24) is 5.32 Å². The Morgan fingerprint density at radius 1 is 1.33 bits per heavy atom. The zero-order valence-corrected chi connectivity index (χ0v) is 13.7. The number of amides is 1. The average molecular weight is 312 g/mol.